The molecule has 1 aromatic carbocycles. The highest BCUT2D eigenvalue weighted by molar-refractivity contribution is 5.94. The fourth-order valence-electron chi connectivity index (χ4n) is 2.14. The number of rotatable bonds is 8. The molecule has 0 aliphatic carbocycles. The van der Waals surface area contributed by atoms with Gasteiger partial charge in [0.15, 0.2) is 0 Å². The van der Waals surface area contributed by atoms with E-state index in [-0.39, 0.29) is 11.7 Å². The molecule has 0 aliphatic heterocycles. The second-order valence-electron chi connectivity index (χ2n) is 5.34. The smallest absolute Gasteiger partial charge is 0.251 e. The van der Waals surface area contributed by atoms with E-state index in [2.05, 4.69) is 22.5 Å². The summed E-state index contributed by atoms with van der Waals surface area (Å²) in [7, 11) is 0. The number of anilines is 1. The maximum Gasteiger partial charge on any atom is 0.251 e. The Balaban J connectivity index is 1.82. The molecule has 0 bridgehead atoms. The Bertz CT molecular complexity index is 628. The first kappa shape index (κ1) is 16.9. The number of halogens is 1. The molecule has 4 nitrogen and oxygen atoms in total. The largest absolute Gasteiger partial charge is 0.370 e. The van der Waals surface area contributed by atoms with Crippen molar-refractivity contribution >= 4 is 11.7 Å². The molecule has 122 valence electrons. The molecule has 1 amide bonds. The number of hydrogen-bond donors (Lipinski definition) is 2. The van der Waals surface area contributed by atoms with Gasteiger partial charge in [-0.1, -0.05) is 25.5 Å². The van der Waals surface area contributed by atoms with Crippen LogP contribution in [0.25, 0.3) is 0 Å². The van der Waals surface area contributed by atoms with Gasteiger partial charge in [-0.15, -0.1) is 0 Å². The first-order valence-electron chi connectivity index (χ1n) is 7.91. The second kappa shape index (κ2) is 8.88. The molecule has 2 rings (SSSR count). The van der Waals surface area contributed by atoms with E-state index in [1.54, 1.807) is 30.5 Å². The lowest BCUT2D eigenvalue weighted by molar-refractivity contribution is 0.0954. The average Bonchev–Trinajstić information content (AvgIpc) is 2.57. The van der Waals surface area contributed by atoms with E-state index in [4.69, 9.17) is 0 Å². The highest BCUT2D eigenvalue weighted by Crippen LogP contribution is 2.07. The van der Waals surface area contributed by atoms with Gasteiger partial charge >= 0.3 is 0 Å². The number of benzene rings is 1. The van der Waals surface area contributed by atoms with Crippen LogP contribution in [0.5, 0.6) is 0 Å². The van der Waals surface area contributed by atoms with Crippen molar-refractivity contribution in [2.24, 2.45) is 0 Å². The van der Waals surface area contributed by atoms with Crippen LogP contribution in [0, 0.1) is 5.82 Å². The molecule has 0 saturated carbocycles. The summed E-state index contributed by atoms with van der Waals surface area (Å²) >= 11 is 0. The van der Waals surface area contributed by atoms with Gasteiger partial charge in [0.25, 0.3) is 5.91 Å². The molecule has 0 radical (unpaired) electrons. The minimum Gasteiger partial charge on any atom is -0.370 e. The van der Waals surface area contributed by atoms with Gasteiger partial charge in [-0.25, -0.2) is 9.37 Å². The number of carbonyl (C=O) groups excluding carboxylic acids is 1. The maximum atomic E-state index is 12.8. The summed E-state index contributed by atoms with van der Waals surface area (Å²) in [6.45, 7) is 3.48. The molecule has 0 fully saturated rings. The minimum atomic E-state index is -0.252. The molecule has 0 aliphatic rings. The lowest BCUT2D eigenvalue weighted by atomic mass is 10.1. The molecule has 1 heterocycles. The van der Waals surface area contributed by atoms with Gasteiger partial charge in [0, 0.05) is 24.8 Å². The Morgan fingerprint density at radius 3 is 2.70 bits per heavy atom. The van der Waals surface area contributed by atoms with Gasteiger partial charge in [0.1, 0.15) is 11.6 Å². The third kappa shape index (κ3) is 5.70. The SMILES string of the molecule is CCCCNc1cc(C(=O)NCCc2ccc(F)cc2)ccn1. The summed E-state index contributed by atoms with van der Waals surface area (Å²) < 4.78 is 12.8. The zero-order chi connectivity index (χ0) is 16.5. The van der Waals surface area contributed by atoms with Crippen LogP contribution in [0.1, 0.15) is 35.7 Å². The zero-order valence-corrected chi connectivity index (χ0v) is 13.3. The van der Waals surface area contributed by atoms with E-state index < -0.39 is 0 Å². The Kier molecular flexibility index (Phi) is 6.54. The number of pyridine rings is 1. The van der Waals surface area contributed by atoms with E-state index in [0.29, 0.717) is 24.3 Å². The van der Waals surface area contributed by atoms with Crippen molar-refractivity contribution in [1.29, 1.82) is 0 Å². The Hall–Kier alpha value is -2.43. The Morgan fingerprint density at radius 2 is 1.96 bits per heavy atom. The molecule has 0 saturated heterocycles. The first-order chi connectivity index (χ1) is 11.2. The topological polar surface area (TPSA) is 54.0 Å². The second-order valence-corrected chi connectivity index (χ2v) is 5.34. The van der Waals surface area contributed by atoms with Crippen molar-refractivity contribution in [1.82, 2.24) is 10.3 Å². The third-order valence-corrected chi connectivity index (χ3v) is 3.47. The van der Waals surface area contributed by atoms with E-state index in [0.717, 1.165) is 24.9 Å². The van der Waals surface area contributed by atoms with Crippen LogP contribution in [-0.4, -0.2) is 24.0 Å². The van der Waals surface area contributed by atoms with Gasteiger partial charge in [-0.2, -0.15) is 0 Å². The predicted octanol–water partition coefficient (Wildman–Crippen LogP) is 3.41. The summed E-state index contributed by atoms with van der Waals surface area (Å²) in [4.78, 5) is 16.3. The van der Waals surface area contributed by atoms with E-state index in [1.807, 2.05) is 0 Å². The van der Waals surface area contributed by atoms with E-state index >= 15 is 0 Å². The number of nitrogens with zero attached hydrogens (tertiary/aromatic N) is 1. The maximum absolute atomic E-state index is 12.8. The average molecular weight is 315 g/mol. The number of hydrogen-bond acceptors (Lipinski definition) is 3. The fraction of sp³-hybridized carbons (Fsp3) is 0.333. The standard InChI is InChI=1S/C18H22FN3O/c1-2-3-10-20-17-13-15(9-12-21-17)18(23)22-11-8-14-4-6-16(19)7-5-14/h4-7,9,12-13H,2-3,8,10-11H2,1H3,(H,20,21)(H,22,23). The molecule has 1 aromatic heterocycles. The Morgan fingerprint density at radius 1 is 1.17 bits per heavy atom. The van der Waals surface area contributed by atoms with Crippen LogP contribution < -0.4 is 10.6 Å². The molecular weight excluding hydrogens is 293 g/mol. The van der Waals surface area contributed by atoms with Crippen LogP contribution in [0.2, 0.25) is 0 Å². The van der Waals surface area contributed by atoms with Gasteiger partial charge in [0.2, 0.25) is 0 Å². The summed E-state index contributed by atoms with van der Waals surface area (Å²) in [5.41, 5.74) is 1.57. The molecule has 0 atom stereocenters. The molecule has 2 N–H and O–H groups in total. The van der Waals surface area contributed by atoms with E-state index in [1.165, 1.54) is 12.1 Å². The van der Waals surface area contributed by atoms with Gasteiger partial charge < -0.3 is 10.6 Å². The van der Waals surface area contributed by atoms with Crippen LogP contribution in [0.15, 0.2) is 42.6 Å². The number of amides is 1. The first-order valence-corrected chi connectivity index (χ1v) is 7.91. The van der Waals surface area contributed by atoms with Crippen molar-refractivity contribution in [3.63, 3.8) is 0 Å². The highest BCUT2D eigenvalue weighted by atomic mass is 19.1. The lowest BCUT2D eigenvalue weighted by Crippen LogP contribution is -2.25. The van der Waals surface area contributed by atoms with Crippen molar-refractivity contribution in [3.05, 3.63) is 59.5 Å². The number of unbranched alkanes of at least 4 members (excludes halogenated alkanes) is 1. The summed E-state index contributed by atoms with van der Waals surface area (Å²) in [6, 6.07) is 9.75. The van der Waals surface area contributed by atoms with E-state index in [9.17, 15) is 9.18 Å². The molecule has 0 spiro atoms. The molecule has 5 heteroatoms. The minimum absolute atomic E-state index is 0.131. The summed E-state index contributed by atoms with van der Waals surface area (Å²) in [5.74, 6) is 0.329. The fourth-order valence-corrected chi connectivity index (χ4v) is 2.14. The van der Waals surface area contributed by atoms with Gasteiger partial charge in [-0.3, -0.25) is 4.79 Å². The molecular formula is C18H22FN3O. The normalized spacial score (nSPS) is 10.3. The highest BCUT2D eigenvalue weighted by Gasteiger charge is 2.06. The number of nitrogens with one attached hydrogen (secondary N) is 2. The van der Waals surface area contributed by atoms with Crippen LogP contribution in [0.3, 0.4) is 0 Å². The molecule has 2 aromatic rings. The van der Waals surface area contributed by atoms with Gasteiger partial charge in [0.05, 0.1) is 0 Å². The molecule has 0 unspecified atom stereocenters. The summed E-state index contributed by atoms with van der Waals surface area (Å²) in [6.07, 6.45) is 4.47. The van der Waals surface area contributed by atoms with Crippen molar-refractivity contribution in [2.45, 2.75) is 26.2 Å². The van der Waals surface area contributed by atoms with Crippen molar-refractivity contribution in [2.75, 3.05) is 18.4 Å². The van der Waals surface area contributed by atoms with Crippen molar-refractivity contribution < 1.29 is 9.18 Å². The van der Waals surface area contributed by atoms with Crippen molar-refractivity contribution in [3.8, 4) is 0 Å². The summed E-state index contributed by atoms with van der Waals surface area (Å²) in [5, 5.41) is 6.07. The Labute approximate surface area is 136 Å². The quantitative estimate of drug-likeness (QED) is 0.734. The monoisotopic (exact) mass is 315 g/mol. The van der Waals surface area contributed by atoms with Gasteiger partial charge in [-0.05, 0) is 42.7 Å². The number of aromatic nitrogens is 1. The third-order valence-electron chi connectivity index (χ3n) is 3.47. The molecule has 23 heavy (non-hydrogen) atoms. The predicted molar refractivity (Wildman–Crippen MR) is 90.1 cm³/mol. The van der Waals surface area contributed by atoms with Crippen LogP contribution >= 0.6 is 0 Å². The van der Waals surface area contributed by atoms with Crippen LogP contribution in [-0.2, 0) is 6.42 Å². The number of carbonyl (C=O) groups is 1. The lowest BCUT2D eigenvalue weighted by Gasteiger charge is -2.08. The zero-order valence-electron chi connectivity index (χ0n) is 13.3. The van der Waals surface area contributed by atoms with Crippen LogP contribution in [0.4, 0.5) is 10.2 Å².